The summed E-state index contributed by atoms with van der Waals surface area (Å²) in [4.78, 5) is 21.2. The van der Waals surface area contributed by atoms with E-state index in [0.717, 1.165) is 6.07 Å². The molecule has 2 aromatic rings. The van der Waals surface area contributed by atoms with Gasteiger partial charge in [0.25, 0.3) is 6.43 Å². The van der Waals surface area contributed by atoms with Crippen LogP contribution in [0.15, 0.2) is 30.6 Å². The van der Waals surface area contributed by atoms with Crippen LogP contribution in [0.2, 0.25) is 0 Å². The van der Waals surface area contributed by atoms with Gasteiger partial charge in [-0.1, -0.05) is 24.8 Å². The van der Waals surface area contributed by atoms with Gasteiger partial charge in [-0.25, -0.2) is 27.5 Å². The number of halogens is 4. The van der Waals surface area contributed by atoms with Crippen molar-refractivity contribution in [3.63, 3.8) is 0 Å². The fourth-order valence-corrected chi connectivity index (χ4v) is 3.56. The first-order valence-corrected chi connectivity index (χ1v) is 10.7. The van der Waals surface area contributed by atoms with E-state index in [-0.39, 0.29) is 30.8 Å². The second-order valence-electron chi connectivity index (χ2n) is 7.76. The van der Waals surface area contributed by atoms with E-state index in [2.05, 4.69) is 27.2 Å². The molecule has 0 saturated carbocycles. The van der Waals surface area contributed by atoms with Gasteiger partial charge in [0.2, 0.25) is 5.91 Å². The highest BCUT2D eigenvalue weighted by atomic mass is 19.3. The van der Waals surface area contributed by atoms with Crippen LogP contribution in [0.1, 0.15) is 60.3 Å². The van der Waals surface area contributed by atoms with Gasteiger partial charge in [-0.15, -0.1) is 0 Å². The summed E-state index contributed by atoms with van der Waals surface area (Å²) in [7, 11) is 0. The zero-order valence-corrected chi connectivity index (χ0v) is 18.8. The zero-order valence-electron chi connectivity index (χ0n) is 18.8. The molecule has 0 unspecified atom stereocenters. The summed E-state index contributed by atoms with van der Waals surface area (Å²) in [6.07, 6.45) is -4.01. The smallest absolute Gasteiger partial charge is 0.266 e. The summed E-state index contributed by atoms with van der Waals surface area (Å²) in [5.41, 5.74) is -0.00191. The lowest BCUT2D eigenvalue weighted by atomic mass is 10.0. The molecule has 7 nitrogen and oxygen atoms in total. The van der Waals surface area contributed by atoms with Crippen LogP contribution >= 0.6 is 0 Å². The van der Waals surface area contributed by atoms with E-state index < -0.39 is 41.9 Å². The molecule has 1 aromatic heterocycles. The number of benzene rings is 1. The largest absolute Gasteiger partial charge is 0.363 e. The van der Waals surface area contributed by atoms with Crippen molar-refractivity contribution >= 4 is 11.7 Å². The van der Waals surface area contributed by atoms with Gasteiger partial charge in [0, 0.05) is 18.5 Å². The minimum Gasteiger partial charge on any atom is -0.363 e. The maximum Gasteiger partial charge on any atom is 0.266 e. The summed E-state index contributed by atoms with van der Waals surface area (Å²) < 4.78 is 65.0. The van der Waals surface area contributed by atoms with E-state index in [0.29, 0.717) is 30.3 Å². The van der Waals surface area contributed by atoms with Crippen molar-refractivity contribution in [2.45, 2.75) is 45.4 Å². The van der Waals surface area contributed by atoms with E-state index in [1.807, 2.05) is 0 Å². The first kappa shape index (κ1) is 25.6. The molecular weight excluding hydrogens is 456 g/mol. The van der Waals surface area contributed by atoms with Crippen molar-refractivity contribution in [2.24, 2.45) is 0 Å². The summed E-state index contributed by atoms with van der Waals surface area (Å²) >= 11 is 0. The van der Waals surface area contributed by atoms with Crippen LogP contribution in [0.4, 0.5) is 23.4 Å². The van der Waals surface area contributed by atoms with Crippen molar-refractivity contribution in [1.82, 2.24) is 15.3 Å². The van der Waals surface area contributed by atoms with Gasteiger partial charge in [0.15, 0.2) is 6.29 Å². The number of nitrogens with zero attached hydrogens (tertiary/aromatic N) is 2. The average molecular weight is 482 g/mol. The number of carbonyl (C=O) groups excluding carboxylic acids is 1. The Morgan fingerprint density at radius 2 is 1.91 bits per heavy atom. The van der Waals surface area contributed by atoms with E-state index in [1.165, 1.54) is 12.1 Å². The molecule has 2 heterocycles. The quantitative estimate of drug-likeness (QED) is 0.481. The molecule has 1 atom stereocenters. The minimum atomic E-state index is -2.95. The molecule has 1 aliphatic heterocycles. The van der Waals surface area contributed by atoms with Crippen LogP contribution in [0.5, 0.6) is 0 Å². The zero-order chi connectivity index (χ0) is 24.8. The molecule has 0 radical (unpaired) electrons. The first-order valence-electron chi connectivity index (χ1n) is 10.7. The second kappa shape index (κ2) is 11.4. The Morgan fingerprint density at radius 3 is 2.56 bits per heavy atom. The Morgan fingerprint density at radius 1 is 1.24 bits per heavy atom. The van der Waals surface area contributed by atoms with Crippen molar-refractivity contribution in [1.29, 1.82) is 0 Å². The summed E-state index contributed by atoms with van der Waals surface area (Å²) in [6, 6.07) is 3.04. The van der Waals surface area contributed by atoms with Gasteiger partial charge in [-0.2, -0.15) is 0 Å². The van der Waals surface area contributed by atoms with E-state index in [1.54, 1.807) is 13.8 Å². The topological polar surface area (TPSA) is 85.4 Å². The van der Waals surface area contributed by atoms with Crippen LogP contribution in [0.3, 0.4) is 0 Å². The molecule has 1 saturated heterocycles. The van der Waals surface area contributed by atoms with Gasteiger partial charge in [-0.05, 0) is 13.8 Å². The summed E-state index contributed by atoms with van der Waals surface area (Å²) in [5, 5.41) is 5.62. The van der Waals surface area contributed by atoms with Gasteiger partial charge in [0.1, 0.15) is 17.5 Å². The Labute approximate surface area is 194 Å². The highest BCUT2D eigenvalue weighted by molar-refractivity contribution is 5.79. The first-order chi connectivity index (χ1) is 16.2. The minimum absolute atomic E-state index is 0.0101. The summed E-state index contributed by atoms with van der Waals surface area (Å²) in [5.74, 6) is -1.41. The van der Waals surface area contributed by atoms with E-state index in [4.69, 9.17) is 9.47 Å². The van der Waals surface area contributed by atoms with Gasteiger partial charge in [0.05, 0.1) is 48.3 Å². The Bertz CT molecular complexity index is 1050. The number of nitrogens with one attached hydrogen (secondary N) is 2. The highest BCUT2D eigenvalue weighted by Crippen LogP contribution is 2.34. The third-order valence-electron chi connectivity index (χ3n) is 5.15. The lowest BCUT2D eigenvalue weighted by molar-refractivity contribution is -0.120. The number of ether oxygens (including phenoxy) is 2. The van der Waals surface area contributed by atoms with Crippen molar-refractivity contribution < 1.29 is 31.8 Å². The van der Waals surface area contributed by atoms with Crippen LogP contribution in [-0.4, -0.2) is 35.6 Å². The maximum absolute atomic E-state index is 14.7. The number of rotatable bonds is 10. The Kier molecular flexibility index (Phi) is 8.56. The number of aryl methyl sites for hydroxylation is 1. The van der Waals surface area contributed by atoms with Gasteiger partial charge in [-0.3, -0.25) is 4.79 Å². The van der Waals surface area contributed by atoms with Crippen LogP contribution in [-0.2, 0) is 20.7 Å². The number of amides is 1. The highest BCUT2D eigenvalue weighted by Gasteiger charge is 2.29. The average Bonchev–Trinajstić information content (AvgIpc) is 3.27. The predicted octanol–water partition coefficient (Wildman–Crippen LogP) is 4.61. The number of hydrogen-bond acceptors (Lipinski definition) is 6. The Hall–Kier alpha value is -3.05. The lowest BCUT2D eigenvalue weighted by Crippen LogP contribution is -2.28. The molecule has 1 amide bonds. The van der Waals surface area contributed by atoms with Crippen molar-refractivity contribution in [3.8, 4) is 0 Å². The lowest BCUT2D eigenvalue weighted by Gasteiger charge is -2.23. The van der Waals surface area contributed by atoms with E-state index >= 15 is 0 Å². The molecule has 0 spiro atoms. The number of alkyl halides is 2. The molecule has 11 heteroatoms. The SMILES string of the molecule is C=C(F)CCNC(=O)Cc1nc(C)nc(N[C@H](C)c2cccc(C(F)F)c2F)c1C1OCCO1. The van der Waals surface area contributed by atoms with Crippen LogP contribution in [0, 0.1) is 12.7 Å². The number of aromatic nitrogens is 2. The third kappa shape index (κ3) is 6.29. The van der Waals surface area contributed by atoms with Crippen molar-refractivity contribution in [3.05, 3.63) is 64.6 Å². The fourth-order valence-electron chi connectivity index (χ4n) is 3.56. The molecular formula is C23H26F4N4O3. The van der Waals surface area contributed by atoms with Gasteiger partial charge < -0.3 is 20.1 Å². The fraction of sp³-hybridized carbons (Fsp3) is 0.435. The second-order valence-corrected chi connectivity index (χ2v) is 7.76. The molecule has 0 aliphatic carbocycles. The number of hydrogen-bond donors (Lipinski definition) is 2. The molecule has 1 aromatic carbocycles. The predicted molar refractivity (Wildman–Crippen MR) is 116 cm³/mol. The monoisotopic (exact) mass is 482 g/mol. The maximum atomic E-state index is 14.7. The molecule has 0 bridgehead atoms. The molecule has 1 fully saturated rings. The van der Waals surface area contributed by atoms with E-state index in [9.17, 15) is 22.4 Å². The van der Waals surface area contributed by atoms with Gasteiger partial charge >= 0.3 is 0 Å². The van der Waals surface area contributed by atoms with Crippen LogP contribution in [0.25, 0.3) is 0 Å². The summed E-state index contributed by atoms with van der Waals surface area (Å²) in [6.45, 7) is 7.06. The molecule has 1 aliphatic rings. The number of anilines is 1. The number of carbonyl (C=O) groups is 1. The third-order valence-corrected chi connectivity index (χ3v) is 5.15. The molecule has 184 valence electrons. The molecule has 34 heavy (non-hydrogen) atoms. The van der Waals surface area contributed by atoms with Crippen LogP contribution < -0.4 is 10.6 Å². The standard InChI is InChI=1S/C23H26F4N4O3/c1-12(24)7-8-28-18(32)11-17-19(23-33-9-10-34-23)22(31-14(3)30-17)29-13(2)15-5-4-6-16(20(15)25)21(26)27/h4-6,13,21,23H,1,7-11H2,2-3H3,(H,28,32)(H,29,30,31)/t13-/m1/s1. The molecule has 2 N–H and O–H groups in total. The van der Waals surface area contributed by atoms with Crippen molar-refractivity contribution in [2.75, 3.05) is 25.1 Å². The normalized spacial score (nSPS) is 14.9. The Balaban J connectivity index is 1.91. The molecule has 3 rings (SSSR count).